The number of ether oxygens (including phenoxy) is 1. The maximum Gasteiger partial charge on any atom is 0.261 e. The van der Waals surface area contributed by atoms with E-state index in [0.29, 0.717) is 13.2 Å². The number of Topliss-reactive ketones (excluding diaryl/α,β-unsaturated/α-hetero) is 1. The average molecular weight is 299 g/mol. The normalized spacial score (nSPS) is 10.7. The Morgan fingerprint density at radius 3 is 2.41 bits per heavy atom. The van der Waals surface area contributed by atoms with Crippen molar-refractivity contribution < 1.29 is 9.53 Å². The number of pyridine rings is 1. The number of aromatic nitrogens is 1. The fraction of sp³-hybridized carbons (Fsp3) is 0.333. The lowest BCUT2D eigenvalue weighted by atomic mass is 10.1. The molecular weight excluding hydrogens is 278 g/mol. The summed E-state index contributed by atoms with van der Waals surface area (Å²) < 4.78 is 6.73. The van der Waals surface area contributed by atoms with E-state index in [4.69, 9.17) is 4.74 Å². The van der Waals surface area contributed by atoms with Crippen molar-refractivity contribution in [2.75, 3.05) is 13.7 Å². The first-order valence-electron chi connectivity index (χ1n) is 7.35. The van der Waals surface area contributed by atoms with Crippen LogP contribution in [0, 0.1) is 6.92 Å². The van der Waals surface area contributed by atoms with Crippen LogP contribution in [0.2, 0.25) is 0 Å². The van der Waals surface area contributed by atoms with Crippen LogP contribution in [0.15, 0.2) is 41.2 Å². The second kappa shape index (κ2) is 7.18. The third kappa shape index (κ3) is 3.52. The molecule has 0 atom stereocenters. The Balaban J connectivity index is 2.52. The molecule has 0 radical (unpaired) electrons. The van der Waals surface area contributed by atoms with Gasteiger partial charge < -0.3 is 9.30 Å². The number of hydrogen-bond donors (Lipinski definition) is 0. The van der Waals surface area contributed by atoms with Crippen LogP contribution in [-0.4, -0.2) is 24.1 Å². The third-order valence-corrected chi connectivity index (χ3v) is 3.63. The number of carbonyl (C=O) groups is 1. The number of hydrogen-bond acceptors (Lipinski definition) is 3. The smallest absolute Gasteiger partial charge is 0.261 e. The van der Waals surface area contributed by atoms with Gasteiger partial charge in [0, 0.05) is 20.3 Å². The Morgan fingerprint density at radius 1 is 1.14 bits per heavy atom. The van der Waals surface area contributed by atoms with E-state index in [9.17, 15) is 9.59 Å². The van der Waals surface area contributed by atoms with E-state index in [1.807, 2.05) is 37.3 Å². The molecule has 0 bridgehead atoms. The highest BCUT2D eigenvalue weighted by Gasteiger charge is 2.13. The van der Waals surface area contributed by atoms with Gasteiger partial charge in [-0.15, -0.1) is 0 Å². The number of rotatable bonds is 6. The Bertz CT molecular complexity index is 714. The van der Waals surface area contributed by atoms with Crippen molar-refractivity contribution in [2.24, 2.45) is 0 Å². The van der Waals surface area contributed by atoms with Crippen LogP contribution in [0.5, 0.6) is 0 Å². The van der Waals surface area contributed by atoms with Crippen LogP contribution in [0.25, 0.3) is 11.3 Å². The van der Waals surface area contributed by atoms with Gasteiger partial charge in [-0.25, -0.2) is 0 Å². The lowest BCUT2D eigenvalue weighted by molar-refractivity contribution is 0.101. The van der Waals surface area contributed by atoms with Gasteiger partial charge in [-0.1, -0.05) is 29.8 Å². The van der Waals surface area contributed by atoms with E-state index >= 15 is 0 Å². The molecular formula is C18H21NO3. The zero-order valence-electron chi connectivity index (χ0n) is 13.3. The van der Waals surface area contributed by atoms with Gasteiger partial charge >= 0.3 is 0 Å². The molecule has 1 aromatic carbocycles. The molecule has 0 amide bonds. The first-order chi connectivity index (χ1) is 10.5. The molecule has 0 N–H and O–H groups in total. The van der Waals surface area contributed by atoms with E-state index in [1.165, 1.54) is 6.92 Å². The summed E-state index contributed by atoms with van der Waals surface area (Å²) >= 11 is 0. The molecule has 1 heterocycles. The van der Waals surface area contributed by atoms with Crippen molar-refractivity contribution in [3.63, 3.8) is 0 Å². The van der Waals surface area contributed by atoms with Crippen LogP contribution < -0.4 is 5.56 Å². The van der Waals surface area contributed by atoms with Gasteiger partial charge in [0.05, 0.1) is 11.3 Å². The van der Waals surface area contributed by atoms with Crippen LogP contribution in [0.3, 0.4) is 0 Å². The van der Waals surface area contributed by atoms with Gasteiger partial charge in [-0.2, -0.15) is 0 Å². The summed E-state index contributed by atoms with van der Waals surface area (Å²) in [6.07, 6.45) is 0.719. The van der Waals surface area contributed by atoms with Crippen molar-refractivity contribution >= 4 is 5.78 Å². The molecule has 22 heavy (non-hydrogen) atoms. The molecule has 0 spiro atoms. The molecule has 116 valence electrons. The molecule has 1 aromatic heterocycles. The Kier molecular flexibility index (Phi) is 5.28. The maximum absolute atomic E-state index is 12.6. The minimum absolute atomic E-state index is 0.207. The van der Waals surface area contributed by atoms with Crippen molar-refractivity contribution in [2.45, 2.75) is 26.8 Å². The maximum atomic E-state index is 12.6. The molecule has 0 aliphatic carbocycles. The summed E-state index contributed by atoms with van der Waals surface area (Å²) in [6, 6.07) is 11.5. The minimum atomic E-state index is -0.235. The zero-order valence-corrected chi connectivity index (χ0v) is 13.3. The molecule has 2 rings (SSSR count). The number of benzene rings is 1. The summed E-state index contributed by atoms with van der Waals surface area (Å²) in [7, 11) is 1.63. The Hall–Kier alpha value is -2.20. The number of nitrogens with zero attached hydrogens (tertiary/aromatic N) is 1. The van der Waals surface area contributed by atoms with Gasteiger partial charge in [0.25, 0.3) is 5.56 Å². The van der Waals surface area contributed by atoms with E-state index < -0.39 is 0 Å². The Labute approximate surface area is 130 Å². The monoisotopic (exact) mass is 299 g/mol. The van der Waals surface area contributed by atoms with Crippen molar-refractivity contribution in [1.82, 2.24) is 4.57 Å². The van der Waals surface area contributed by atoms with Crippen LogP contribution in [-0.2, 0) is 11.3 Å². The lowest BCUT2D eigenvalue weighted by Gasteiger charge is -2.14. The van der Waals surface area contributed by atoms with Crippen molar-refractivity contribution in [3.05, 3.63) is 57.9 Å². The standard InChI is InChI=1S/C18H21NO3/c1-13-5-7-15(8-6-13)17-10-9-16(14(2)20)18(21)19(17)11-4-12-22-3/h5-10H,4,11-12H2,1-3H3. The van der Waals surface area contributed by atoms with Crippen molar-refractivity contribution in [3.8, 4) is 11.3 Å². The van der Waals surface area contributed by atoms with E-state index in [-0.39, 0.29) is 16.9 Å². The SMILES string of the molecule is COCCCn1c(-c2ccc(C)cc2)ccc(C(C)=O)c1=O. The largest absolute Gasteiger partial charge is 0.385 e. The molecule has 0 unspecified atom stereocenters. The lowest BCUT2D eigenvalue weighted by Crippen LogP contribution is -2.27. The fourth-order valence-electron chi connectivity index (χ4n) is 2.41. The van der Waals surface area contributed by atoms with Gasteiger partial charge in [-0.3, -0.25) is 9.59 Å². The summed E-state index contributed by atoms with van der Waals surface area (Å²) in [4.78, 5) is 24.2. The number of ketones is 1. The molecule has 2 aromatic rings. The molecule has 4 nitrogen and oxygen atoms in total. The highest BCUT2D eigenvalue weighted by Crippen LogP contribution is 2.19. The van der Waals surface area contributed by atoms with Gasteiger partial charge in [0.1, 0.15) is 0 Å². The molecule has 0 aliphatic heterocycles. The van der Waals surface area contributed by atoms with Gasteiger partial charge in [0.2, 0.25) is 0 Å². The number of aryl methyl sites for hydroxylation is 1. The number of methoxy groups -OCH3 is 1. The first kappa shape index (κ1) is 16.2. The zero-order chi connectivity index (χ0) is 16.1. The second-order valence-corrected chi connectivity index (χ2v) is 5.36. The topological polar surface area (TPSA) is 48.3 Å². The van der Waals surface area contributed by atoms with Crippen LogP contribution >= 0.6 is 0 Å². The highest BCUT2D eigenvalue weighted by molar-refractivity contribution is 5.94. The van der Waals surface area contributed by atoms with Gasteiger partial charge in [0.15, 0.2) is 5.78 Å². The van der Waals surface area contributed by atoms with E-state index in [2.05, 4.69) is 0 Å². The van der Waals surface area contributed by atoms with Gasteiger partial charge in [-0.05, 0) is 38.0 Å². The third-order valence-electron chi connectivity index (χ3n) is 3.63. The second-order valence-electron chi connectivity index (χ2n) is 5.36. The fourth-order valence-corrected chi connectivity index (χ4v) is 2.41. The predicted molar refractivity (Wildman–Crippen MR) is 87.4 cm³/mol. The molecule has 0 aliphatic rings. The van der Waals surface area contributed by atoms with Crippen molar-refractivity contribution in [1.29, 1.82) is 0 Å². The Morgan fingerprint density at radius 2 is 1.82 bits per heavy atom. The average Bonchev–Trinajstić information content (AvgIpc) is 2.49. The van der Waals surface area contributed by atoms with Crippen LogP contribution in [0.1, 0.15) is 29.3 Å². The summed E-state index contributed by atoms with van der Waals surface area (Å²) in [6.45, 7) is 4.54. The molecule has 4 heteroatoms. The van der Waals surface area contributed by atoms with Crippen LogP contribution in [0.4, 0.5) is 0 Å². The molecule has 0 saturated heterocycles. The molecule has 0 saturated carbocycles. The summed E-state index contributed by atoms with van der Waals surface area (Å²) in [5, 5.41) is 0. The molecule has 0 fully saturated rings. The highest BCUT2D eigenvalue weighted by atomic mass is 16.5. The van der Waals surface area contributed by atoms with E-state index in [0.717, 1.165) is 23.2 Å². The van der Waals surface area contributed by atoms with E-state index in [1.54, 1.807) is 17.7 Å². The predicted octanol–water partition coefficient (Wildman–Crippen LogP) is 3.06. The number of carbonyl (C=O) groups excluding carboxylic acids is 1. The summed E-state index contributed by atoms with van der Waals surface area (Å²) in [5.74, 6) is -0.207. The first-order valence-corrected chi connectivity index (χ1v) is 7.35. The quantitative estimate of drug-likeness (QED) is 0.608. The summed E-state index contributed by atoms with van der Waals surface area (Å²) in [5.41, 5.74) is 2.95. The minimum Gasteiger partial charge on any atom is -0.385 e.